The summed E-state index contributed by atoms with van der Waals surface area (Å²) in [6.45, 7) is 9.02. The predicted octanol–water partition coefficient (Wildman–Crippen LogP) is 14.7. The van der Waals surface area contributed by atoms with Gasteiger partial charge in [0, 0.05) is 0 Å². The van der Waals surface area contributed by atoms with E-state index in [4.69, 9.17) is 0 Å². The van der Waals surface area contributed by atoms with E-state index in [0.29, 0.717) is 0 Å². The Morgan fingerprint density at radius 3 is 1.04 bits per heavy atom. The Hall–Kier alpha value is -6.24. The third-order valence-electron chi connectivity index (χ3n) is 11.0. The molecule has 9 aromatic rings. The van der Waals surface area contributed by atoms with Crippen LogP contribution in [0.2, 0.25) is 0 Å². The van der Waals surface area contributed by atoms with Crippen molar-refractivity contribution in [1.82, 2.24) is 0 Å². The van der Waals surface area contributed by atoms with Crippen molar-refractivity contribution in [1.29, 1.82) is 0 Å². The van der Waals surface area contributed by atoms with E-state index in [0.717, 1.165) is 0 Å². The first-order valence-corrected chi connectivity index (χ1v) is 18.3. The molecule has 0 atom stereocenters. The lowest BCUT2D eigenvalue weighted by Gasteiger charge is -2.23. The highest BCUT2D eigenvalue weighted by atomic mass is 14.3. The van der Waals surface area contributed by atoms with Gasteiger partial charge in [0.25, 0.3) is 0 Å². The zero-order valence-corrected chi connectivity index (χ0v) is 30.2. The van der Waals surface area contributed by atoms with Crippen LogP contribution in [0.3, 0.4) is 0 Å². The molecule has 0 heterocycles. The molecule has 0 unspecified atom stereocenters. The number of benzene rings is 9. The molecule has 0 fully saturated rings. The molecule has 0 nitrogen and oxygen atoms in total. The minimum Gasteiger partial charge on any atom is -0.0622 e. The predicted molar refractivity (Wildman–Crippen MR) is 225 cm³/mol. The third kappa shape index (κ3) is 5.49. The van der Waals surface area contributed by atoms with Crippen LogP contribution in [0, 0.1) is 27.7 Å². The van der Waals surface area contributed by atoms with Crippen molar-refractivity contribution in [2.75, 3.05) is 0 Å². The van der Waals surface area contributed by atoms with E-state index in [9.17, 15) is 0 Å². The fraction of sp³-hybridized carbons (Fsp3) is 0.0769. The van der Waals surface area contributed by atoms with Gasteiger partial charge in [-0.1, -0.05) is 140 Å². The maximum atomic E-state index is 2.45. The summed E-state index contributed by atoms with van der Waals surface area (Å²) in [5.74, 6) is 0. The van der Waals surface area contributed by atoms with Gasteiger partial charge < -0.3 is 0 Å². The zero-order chi connectivity index (χ0) is 35.3. The van der Waals surface area contributed by atoms with Gasteiger partial charge in [-0.2, -0.15) is 0 Å². The Balaban J connectivity index is 1.46. The summed E-state index contributed by atoms with van der Waals surface area (Å²) in [4.78, 5) is 0. The smallest absolute Gasteiger partial charge is 0.00197 e. The minimum absolute atomic E-state index is 1.22. The Kier molecular flexibility index (Phi) is 7.82. The molecule has 0 aliphatic heterocycles. The standard InChI is InChI=1S/C52H40/c1-33-24-46-48(26-35(33)3)52(50-32-41-23-15-14-22-40(41)31-45(50)39-20-12-7-13-21-39)49-27-36(4)34(2)25-47(49)51(46)44-29-42(37-16-8-5-9-17-37)28-43(30-44)38-18-10-6-11-19-38/h5-32H,1-4H3. The van der Waals surface area contributed by atoms with E-state index in [1.54, 1.807) is 0 Å². The second-order valence-corrected chi connectivity index (χ2v) is 14.4. The highest BCUT2D eigenvalue weighted by molar-refractivity contribution is 6.23. The molecule has 52 heavy (non-hydrogen) atoms. The molecule has 248 valence electrons. The van der Waals surface area contributed by atoms with Gasteiger partial charge in [0.05, 0.1) is 0 Å². The Labute approximate surface area is 306 Å². The average Bonchev–Trinajstić information content (AvgIpc) is 3.19. The molecule has 0 aromatic heterocycles. The highest BCUT2D eigenvalue weighted by Gasteiger charge is 2.22. The average molecular weight is 665 g/mol. The van der Waals surface area contributed by atoms with Gasteiger partial charge in [-0.05, 0) is 168 Å². The Bertz CT molecular complexity index is 2660. The van der Waals surface area contributed by atoms with Crippen molar-refractivity contribution >= 4 is 32.3 Å². The van der Waals surface area contributed by atoms with Gasteiger partial charge >= 0.3 is 0 Å². The van der Waals surface area contributed by atoms with Crippen LogP contribution in [0.25, 0.3) is 88.0 Å². The first kappa shape index (κ1) is 31.7. The molecule has 0 spiro atoms. The lowest BCUT2D eigenvalue weighted by atomic mass is 9.80. The first-order chi connectivity index (χ1) is 25.4. The van der Waals surface area contributed by atoms with Crippen LogP contribution in [0.5, 0.6) is 0 Å². The largest absolute Gasteiger partial charge is 0.0622 e. The van der Waals surface area contributed by atoms with E-state index >= 15 is 0 Å². The molecule has 0 amide bonds. The normalized spacial score (nSPS) is 11.5. The third-order valence-corrected chi connectivity index (χ3v) is 11.0. The summed E-state index contributed by atoms with van der Waals surface area (Å²) in [5.41, 5.74) is 17.6. The number of hydrogen-bond donors (Lipinski definition) is 0. The number of rotatable bonds is 5. The summed E-state index contributed by atoms with van der Waals surface area (Å²) in [6, 6.07) is 63.1. The van der Waals surface area contributed by atoms with Crippen molar-refractivity contribution < 1.29 is 0 Å². The molecule has 0 aliphatic carbocycles. The molecule has 0 saturated heterocycles. The van der Waals surface area contributed by atoms with Gasteiger partial charge in [0.1, 0.15) is 0 Å². The lowest BCUT2D eigenvalue weighted by Crippen LogP contribution is -1.97. The second-order valence-electron chi connectivity index (χ2n) is 14.4. The minimum atomic E-state index is 1.22. The van der Waals surface area contributed by atoms with Crippen molar-refractivity contribution in [3.05, 3.63) is 192 Å². The topological polar surface area (TPSA) is 0 Å². The molecule has 9 rings (SSSR count). The summed E-state index contributed by atoms with van der Waals surface area (Å²) in [6.07, 6.45) is 0. The summed E-state index contributed by atoms with van der Waals surface area (Å²) in [7, 11) is 0. The SMILES string of the molecule is Cc1cc2c(-c3cc(-c4ccccc4)cc(-c4ccccc4)c3)c3cc(C)c(C)cc3c(-c3cc4ccccc4cc3-c3ccccc3)c2cc1C. The highest BCUT2D eigenvalue weighted by Crippen LogP contribution is 2.49. The Morgan fingerprint density at radius 1 is 0.250 bits per heavy atom. The molecule has 9 aromatic carbocycles. The molecule has 0 aliphatic rings. The van der Waals surface area contributed by atoms with Gasteiger partial charge in [0.15, 0.2) is 0 Å². The van der Waals surface area contributed by atoms with Crippen molar-refractivity contribution in [2.45, 2.75) is 27.7 Å². The van der Waals surface area contributed by atoms with Crippen LogP contribution >= 0.6 is 0 Å². The van der Waals surface area contributed by atoms with Gasteiger partial charge in [-0.15, -0.1) is 0 Å². The summed E-state index contributed by atoms with van der Waals surface area (Å²) >= 11 is 0. The lowest BCUT2D eigenvalue weighted by molar-refractivity contribution is 1.36. The quantitative estimate of drug-likeness (QED) is 0.161. The maximum absolute atomic E-state index is 2.45. The summed E-state index contributed by atoms with van der Waals surface area (Å²) in [5, 5.41) is 7.63. The van der Waals surface area contributed by atoms with E-state index in [-0.39, 0.29) is 0 Å². The number of fused-ring (bicyclic) bond motifs is 3. The molecule has 0 radical (unpaired) electrons. The van der Waals surface area contributed by atoms with E-state index in [2.05, 4.69) is 198 Å². The molecule has 0 bridgehead atoms. The molecule has 0 N–H and O–H groups in total. The van der Waals surface area contributed by atoms with Crippen molar-refractivity contribution in [3.63, 3.8) is 0 Å². The second kappa shape index (κ2) is 12.8. The number of aryl methyl sites for hydroxylation is 4. The van der Waals surface area contributed by atoms with Crippen LogP contribution < -0.4 is 0 Å². The molecule has 0 heteroatoms. The fourth-order valence-corrected chi connectivity index (χ4v) is 8.02. The van der Waals surface area contributed by atoms with E-state index in [1.165, 1.54) is 110 Å². The fourth-order valence-electron chi connectivity index (χ4n) is 8.02. The monoisotopic (exact) mass is 664 g/mol. The van der Waals surface area contributed by atoms with Crippen LogP contribution in [0.1, 0.15) is 22.3 Å². The maximum Gasteiger partial charge on any atom is -0.00197 e. The summed E-state index contributed by atoms with van der Waals surface area (Å²) < 4.78 is 0. The van der Waals surface area contributed by atoms with Crippen LogP contribution in [-0.2, 0) is 0 Å². The molecular weight excluding hydrogens is 625 g/mol. The number of hydrogen-bond acceptors (Lipinski definition) is 0. The van der Waals surface area contributed by atoms with Crippen molar-refractivity contribution in [3.8, 4) is 55.6 Å². The zero-order valence-electron chi connectivity index (χ0n) is 30.2. The van der Waals surface area contributed by atoms with E-state index < -0.39 is 0 Å². The van der Waals surface area contributed by atoms with Gasteiger partial charge in [-0.3, -0.25) is 0 Å². The first-order valence-electron chi connectivity index (χ1n) is 18.3. The van der Waals surface area contributed by atoms with Gasteiger partial charge in [0.2, 0.25) is 0 Å². The van der Waals surface area contributed by atoms with Gasteiger partial charge in [-0.25, -0.2) is 0 Å². The van der Waals surface area contributed by atoms with Crippen molar-refractivity contribution in [2.24, 2.45) is 0 Å². The van der Waals surface area contributed by atoms with E-state index in [1.807, 2.05) is 0 Å². The van der Waals surface area contributed by atoms with Crippen LogP contribution in [0.15, 0.2) is 170 Å². The molecular formula is C52H40. The Morgan fingerprint density at radius 2 is 0.596 bits per heavy atom. The molecule has 0 saturated carbocycles. The van der Waals surface area contributed by atoms with Crippen LogP contribution in [-0.4, -0.2) is 0 Å². The van der Waals surface area contributed by atoms with Crippen LogP contribution in [0.4, 0.5) is 0 Å².